The first-order valence-corrected chi connectivity index (χ1v) is 11.4. The normalized spacial score (nSPS) is 53.7. The Labute approximate surface area is 161 Å². The highest BCUT2D eigenvalue weighted by Crippen LogP contribution is 2.68. The molecule has 0 aromatic carbocycles. The zero-order valence-corrected chi connectivity index (χ0v) is 17.8. The van der Waals surface area contributed by atoms with Crippen molar-refractivity contribution < 1.29 is 0 Å². The molecule has 1 spiro atoms. The van der Waals surface area contributed by atoms with Crippen LogP contribution in [0.5, 0.6) is 0 Å². The molecule has 1 heterocycles. The SMILES string of the molecule is C[C@H]1C2CCC3[C@@H]4CC=C5C[C@@H](N(C)C)CC[C@]5(C)C4CC[C@@]32CN1C. The number of hydrogen-bond donors (Lipinski definition) is 0. The molecule has 146 valence electrons. The summed E-state index contributed by atoms with van der Waals surface area (Å²) in [6, 6.07) is 1.60. The molecule has 3 saturated carbocycles. The lowest BCUT2D eigenvalue weighted by atomic mass is 9.47. The summed E-state index contributed by atoms with van der Waals surface area (Å²) in [4.78, 5) is 5.17. The highest BCUT2D eigenvalue weighted by Gasteiger charge is 2.63. The molecule has 26 heavy (non-hydrogen) atoms. The molecule has 0 aromatic rings. The molecule has 1 aliphatic heterocycles. The van der Waals surface area contributed by atoms with Gasteiger partial charge in [-0.3, -0.25) is 0 Å². The van der Waals surface area contributed by atoms with Crippen LogP contribution in [0.15, 0.2) is 11.6 Å². The highest BCUT2D eigenvalue weighted by molar-refractivity contribution is 5.26. The Morgan fingerprint density at radius 2 is 1.81 bits per heavy atom. The molecular weight excluding hydrogens is 316 g/mol. The summed E-state index contributed by atoms with van der Waals surface area (Å²) in [6.45, 7) is 6.56. The van der Waals surface area contributed by atoms with Crippen LogP contribution in [0.1, 0.15) is 65.2 Å². The van der Waals surface area contributed by atoms with Gasteiger partial charge in [-0.15, -0.1) is 0 Å². The monoisotopic (exact) mass is 356 g/mol. The van der Waals surface area contributed by atoms with Crippen LogP contribution in [0, 0.1) is 34.5 Å². The average molecular weight is 357 g/mol. The smallest absolute Gasteiger partial charge is 0.0127 e. The van der Waals surface area contributed by atoms with E-state index in [2.05, 4.69) is 50.9 Å². The fraction of sp³-hybridized carbons (Fsp3) is 0.917. The third-order valence-corrected chi connectivity index (χ3v) is 10.4. The van der Waals surface area contributed by atoms with Crippen LogP contribution < -0.4 is 0 Å². The van der Waals surface area contributed by atoms with Crippen molar-refractivity contribution in [2.24, 2.45) is 34.5 Å². The third kappa shape index (κ3) is 2.18. The van der Waals surface area contributed by atoms with Crippen molar-refractivity contribution in [1.82, 2.24) is 9.80 Å². The van der Waals surface area contributed by atoms with Crippen molar-refractivity contribution in [3.63, 3.8) is 0 Å². The second-order valence-corrected chi connectivity index (χ2v) is 11.2. The molecule has 8 atom stereocenters. The molecule has 5 aliphatic rings. The van der Waals surface area contributed by atoms with Gasteiger partial charge in [-0.1, -0.05) is 18.6 Å². The topological polar surface area (TPSA) is 6.48 Å². The van der Waals surface area contributed by atoms with Crippen LogP contribution in [0.4, 0.5) is 0 Å². The van der Waals surface area contributed by atoms with E-state index in [1.807, 2.05) is 5.57 Å². The van der Waals surface area contributed by atoms with Crippen molar-refractivity contribution in [2.45, 2.75) is 77.3 Å². The Balaban J connectivity index is 1.45. The lowest BCUT2D eigenvalue weighted by Crippen LogP contribution is -2.52. The van der Waals surface area contributed by atoms with Crippen molar-refractivity contribution in [3.8, 4) is 0 Å². The molecule has 5 rings (SSSR count). The van der Waals surface area contributed by atoms with E-state index in [0.29, 0.717) is 10.8 Å². The van der Waals surface area contributed by atoms with Gasteiger partial charge in [0, 0.05) is 18.6 Å². The van der Waals surface area contributed by atoms with E-state index >= 15 is 0 Å². The van der Waals surface area contributed by atoms with Crippen molar-refractivity contribution in [1.29, 1.82) is 0 Å². The molecule has 4 aliphatic carbocycles. The largest absolute Gasteiger partial charge is 0.306 e. The first kappa shape index (κ1) is 17.7. The van der Waals surface area contributed by atoms with Crippen LogP contribution in [0.2, 0.25) is 0 Å². The third-order valence-electron chi connectivity index (χ3n) is 10.4. The van der Waals surface area contributed by atoms with Gasteiger partial charge in [0.15, 0.2) is 0 Å². The van der Waals surface area contributed by atoms with Crippen LogP contribution in [0.3, 0.4) is 0 Å². The highest BCUT2D eigenvalue weighted by atomic mass is 15.2. The van der Waals surface area contributed by atoms with Gasteiger partial charge in [0.2, 0.25) is 0 Å². The molecule has 0 aromatic heterocycles. The van der Waals surface area contributed by atoms with Crippen LogP contribution in [-0.4, -0.2) is 49.6 Å². The predicted molar refractivity (Wildman–Crippen MR) is 109 cm³/mol. The molecular formula is C24H40N2. The molecule has 0 amide bonds. The number of rotatable bonds is 1. The zero-order valence-electron chi connectivity index (χ0n) is 17.8. The molecule has 2 heteroatoms. The molecule has 4 fully saturated rings. The van der Waals surface area contributed by atoms with Crippen molar-refractivity contribution in [2.75, 3.05) is 27.7 Å². The Morgan fingerprint density at radius 3 is 2.58 bits per heavy atom. The summed E-state index contributed by atoms with van der Waals surface area (Å²) in [5.74, 6) is 3.96. The standard InChI is InChI=1S/C24H40N2/c1-16-20-8-9-22-19-7-6-17-14-18(25(3)4)10-12-23(17,2)21(19)11-13-24(20,22)15-26(16)5/h6,16,18-22H,7-15H2,1-5H3/t16-,18-,19+,20?,21?,22?,23-,24-/m0/s1. The van der Waals surface area contributed by atoms with Crippen molar-refractivity contribution >= 4 is 0 Å². The molecule has 2 nitrogen and oxygen atoms in total. The van der Waals surface area contributed by atoms with Gasteiger partial charge in [0.05, 0.1) is 0 Å². The summed E-state index contributed by atoms with van der Waals surface area (Å²) in [5.41, 5.74) is 3.04. The number of allylic oxidation sites excluding steroid dienone is 1. The van der Waals surface area contributed by atoms with Gasteiger partial charge in [-0.05, 0) is 114 Å². The molecule has 0 N–H and O–H groups in total. The maximum Gasteiger partial charge on any atom is 0.0127 e. The first-order chi connectivity index (χ1) is 12.4. The second kappa shape index (κ2) is 5.83. The predicted octanol–water partition coefficient (Wildman–Crippen LogP) is 4.81. The average Bonchev–Trinajstić information content (AvgIpc) is 3.08. The number of fused-ring (bicyclic) bond motifs is 4. The van der Waals surface area contributed by atoms with Gasteiger partial charge in [0.1, 0.15) is 0 Å². The maximum atomic E-state index is 2.74. The minimum absolute atomic E-state index is 0.519. The van der Waals surface area contributed by atoms with Gasteiger partial charge >= 0.3 is 0 Å². The Morgan fingerprint density at radius 1 is 1.04 bits per heavy atom. The summed E-state index contributed by atoms with van der Waals surface area (Å²) < 4.78 is 0. The Kier molecular flexibility index (Phi) is 3.98. The number of likely N-dealkylation sites (tertiary alicyclic amines) is 1. The van der Waals surface area contributed by atoms with E-state index in [-0.39, 0.29) is 0 Å². The van der Waals surface area contributed by atoms with E-state index in [1.54, 1.807) is 0 Å². The fourth-order valence-corrected chi connectivity index (χ4v) is 8.88. The van der Waals surface area contributed by atoms with E-state index in [1.165, 1.54) is 57.9 Å². The van der Waals surface area contributed by atoms with E-state index in [0.717, 1.165) is 35.8 Å². The molecule has 0 bridgehead atoms. The summed E-state index contributed by atoms with van der Waals surface area (Å²) in [6.07, 6.45) is 14.4. The lowest BCUT2D eigenvalue weighted by Gasteiger charge is -2.58. The van der Waals surface area contributed by atoms with E-state index in [9.17, 15) is 0 Å². The fourth-order valence-electron chi connectivity index (χ4n) is 8.88. The van der Waals surface area contributed by atoms with Gasteiger partial charge in [-0.25, -0.2) is 0 Å². The zero-order chi connectivity index (χ0) is 18.3. The maximum absolute atomic E-state index is 2.74. The summed E-state index contributed by atoms with van der Waals surface area (Å²) in [5, 5.41) is 0. The summed E-state index contributed by atoms with van der Waals surface area (Å²) in [7, 11) is 6.95. The van der Waals surface area contributed by atoms with Crippen LogP contribution in [0.25, 0.3) is 0 Å². The lowest BCUT2D eigenvalue weighted by molar-refractivity contribution is -0.0430. The van der Waals surface area contributed by atoms with Gasteiger partial charge in [-0.2, -0.15) is 0 Å². The minimum Gasteiger partial charge on any atom is -0.306 e. The summed E-state index contributed by atoms with van der Waals surface area (Å²) >= 11 is 0. The number of hydrogen-bond acceptors (Lipinski definition) is 2. The Bertz CT molecular complexity index is 609. The van der Waals surface area contributed by atoms with Crippen LogP contribution >= 0.6 is 0 Å². The van der Waals surface area contributed by atoms with Gasteiger partial charge < -0.3 is 9.80 Å². The van der Waals surface area contributed by atoms with Gasteiger partial charge in [0.25, 0.3) is 0 Å². The van der Waals surface area contributed by atoms with E-state index < -0.39 is 0 Å². The van der Waals surface area contributed by atoms with Crippen LogP contribution in [-0.2, 0) is 0 Å². The Hall–Kier alpha value is -0.340. The second-order valence-electron chi connectivity index (χ2n) is 11.2. The molecule has 3 unspecified atom stereocenters. The molecule has 1 saturated heterocycles. The first-order valence-electron chi connectivity index (χ1n) is 11.4. The quantitative estimate of drug-likeness (QED) is 0.622. The minimum atomic E-state index is 0.519. The van der Waals surface area contributed by atoms with E-state index in [4.69, 9.17) is 0 Å². The van der Waals surface area contributed by atoms with Crippen molar-refractivity contribution in [3.05, 3.63) is 11.6 Å². The molecule has 0 radical (unpaired) electrons. The number of nitrogens with zero attached hydrogens (tertiary/aromatic N) is 2.